The van der Waals surface area contributed by atoms with Gasteiger partial charge >= 0.3 is 0 Å². The molecule has 4 aromatic carbocycles. The number of ether oxygens (including phenoxy) is 2. The molecule has 6 aromatic rings. The summed E-state index contributed by atoms with van der Waals surface area (Å²) in [5.41, 5.74) is 2.23. The Morgan fingerprint density at radius 1 is 0.672 bits per heavy atom. The van der Waals surface area contributed by atoms with E-state index < -0.39 is 29.7 Å². The van der Waals surface area contributed by atoms with Crippen molar-refractivity contribution in [1.82, 2.24) is 25.1 Å². The number of nitrogens with zero attached hydrogens (tertiary/aromatic N) is 4. The maximum Gasteiger partial charge on any atom is 0.226 e. The topological polar surface area (TPSA) is 120 Å². The van der Waals surface area contributed by atoms with Gasteiger partial charge in [0.1, 0.15) is 48.6 Å². The molecule has 1 fully saturated rings. The molecule has 3 N–H and O–H groups in total. The van der Waals surface area contributed by atoms with Crippen molar-refractivity contribution < 1.29 is 33.3 Å². The molecule has 7 rings (SSSR count). The van der Waals surface area contributed by atoms with E-state index in [1.165, 1.54) is 24.3 Å². The molecule has 1 aliphatic rings. The first kappa shape index (κ1) is 40.7. The van der Waals surface area contributed by atoms with Crippen molar-refractivity contribution in [2.75, 3.05) is 46.9 Å². The van der Waals surface area contributed by atoms with Gasteiger partial charge in [-0.2, -0.15) is 0 Å². The van der Waals surface area contributed by atoms with E-state index in [0.717, 1.165) is 32.9 Å². The highest BCUT2D eigenvalue weighted by molar-refractivity contribution is 5.86. The number of carbonyl (C=O) groups is 1. The summed E-state index contributed by atoms with van der Waals surface area (Å²) in [5.74, 6) is 0.351. The summed E-state index contributed by atoms with van der Waals surface area (Å²) in [6, 6.07) is 30.4. The highest BCUT2D eigenvalue weighted by Crippen LogP contribution is 2.46. The van der Waals surface area contributed by atoms with Gasteiger partial charge in [0, 0.05) is 54.9 Å². The number of amides is 1. The van der Waals surface area contributed by atoms with Crippen molar-refractivity contribution in [2.24, 2.45) is 5.41 Å². The van der Waals surface area contributed by atoms with Gasteiger partial charge in [0.05, 0.1) is 16.4 Å². The van der Waals surface area contributed by atoms with E-state index in [1.54, 1.807) is 36.7 Å². The summed E-state index contributed by atoms with van der Waals surface area (Å²) in [6.45, 7) is 0.888. The van der Waals surface area contributed by atoms with Gasteiger partial charge in [-0.3, -0.25) is 24.6 Å². The number of pyridine rings is 2. The highest BCUT2D eigenvalue weighted by atomic mass is 19.1. The molecule has 0 spiro atoms. The fourth-order valence-electron chi connectivity index (χ4n) is 8.15. The number of hydrogen-bond acceptors (Lipinski definition) is 9. The zero-order chi connectivity index (χ0) is 40.6. The summed E-state index contributed by atoms with van der Waals surface area (Å²) in [6.07, 6.45) is 2.83. The minimum absolute atomic E-state index is 0.0149. The number of aliphatic hydroxyl groups is 2. The molecule has 1 aliphatic heterocycles. The van der Waals surface area contributed by atoms with Crippen LogP contribution in [0.25, 0.3) is 21.8 Å². The summed E-state index contributed by atoms with van der Waals surface area (Å²) >= 11 is 0. The average molecular weight is 790 g/mol. The van der Waals surface area contributed by atoms with Crippen LogP contribution >= 0.6 is 0 Å². The van der Waals surface area contributed by atoms with Crippen LogP contribution < -0.4 is 14.8 Å². The van der Waals surface area contributed by atoms with Gasteiger partial charge in [0.2, 0.25) is 5.91 Å². The standard InChI is InChI=1S/C46H49F2N5O5/c1-52(27-35(54)29-57-43-11-3-9-39-37(43)7-5-22-49-39)41(31-13-17-33(47)18-14-31)25-46(21-24-51-45(46)56)26-42(32-15-19-34(48)20-16-32)53(2)28-36(55)30-58-44-12-4-10-40-38(44)8-6-23-50-40/h3-20,22-23,35-36,41-42,54-55H,21,24-30H2,1-2H3,(H,51,56). The monoisotopic (exact) mass is 789 g/mol. The number of aliphatic hydroxyl groups excluding tert-OH is 2. The molecule has 2 aromatic heterocycles. The highest BCUT2D eigenvalue weighted by Gasteiger charge is 2.47. The zero-order valence-corrected chi connectivity index (χ0v) is 32.7. The number of aromatic nitrogens is 2. The van der Waals surface area contributed by atoms with Crippen LogP contribution in [0.4, 0.5) is 8.78 Å². The molecule has 1 amide bonds. The molecule has 10 nitrogen and oxygen atoms in total. The second-order valence-corrected chi connectivity index (χ2v) is 15.3. The number of nitrogens with one attached hydrogen (secondary N) is 1. The van der Waals surface area contributed by atoms with Gasteiger partial charge in [-0.05, 0) is 117 Å². The molecule has 0 saturated carbocycles. The lowest BCUT2D eigenvalue weighted by Crippen LogP contribution is -2.43. The van der Waals surface area contributed by atoms with Gasteiger partial charge in [-0.1, -0.05) is 36.4 Å². The van der Waals surface area contributed by atoms with Crippen LogP contribution in [-0.4, -0.2) is 95.0 Å². The van der Waals surface area contributed by atoms with Gasteiger partial charge in [0.15, 0.2) is 0 Å². The Morgan fingerprint density at radius 2 is 1.12 bits per heavy atom. The number of fused-ring (bicyclic) bond motifs is 2. The third kappa shape index (κ3) is 9.59. The Balaban J connectivity index is 1.11. The molecular weight excluding hydrogens is 741 g/mol. The zero-order valence-electron chi connectivity index (χ0n) is 32.7. The first-order valence-corrected chi connectivity index (χ1v) is 19.6. The number of hydrogen-bond donors (Lipinski definition) is 3. The van der Waals surface area contributed by atoms with E-state index in [1.807, 2.05) is 84.6 Å². The molecule has 0 aliphatic carbocycles. The largest absolute Gasteiger partial charge is 0.490 e. The fourth-order valence-corrected chi connectivity index (χ4v) is 8.15. The number of likely N-dealkylation sites (N-methyl/N-ethyl adjacent to an activating group) is 2. The van der Waals surface area contributed by atoms with Gasteiger partial charge in [-0.15, -0.1) is 0 Å². The van der Waals surface area contributed by atoms with Gasteiger partial charge in [0.25, 0.3) is 0 Å². The van der Waals surface area contributed by atoms with Crippen LogP contribution in [0.3, 0.4) is 0 Å². The quantitative estimate of drug-likeness (QED) is 0.0857. The lowest BCUT2D eigenvalue weighted by atomic mass is 9.72. The van der Waals surface area contributed by atoms with E-state index in [-0.39, 0.29) is 43.8 Å². The lowest BCUT2D eigenvalue weighted by molar-refractivity contribution is -0.130. The third-order valence-corrected chi connectivity index (χ3v) is 11.2. The van der Waals surface area contributed by atoms with Crippen LogP contribution in [0.2, 0.25) is 0 Å². The summed E-state index contributed by atoms with van der Waals surface area (Å²) < 4.78 is 40.7. The molecule has 12 heteroatoms. The molecule has 1 saturated heterocycles. The van der Waals surface area contributed by atoms with Crippen molar-refractivity contribution in [3.05, 3.63) is 144 Å². The van der Waals surface area contributed by atoms with Crippen molar-refractivity contribution in [3.63, 3.8) is 0 Å². The van der Waals surface area contributed by atoms with E-state index in [0.29, 0.717) is 37.3 Å². The van der Waals surface area contributed by atoms with E-state index in [4.69, 9.17) is 9.47 Å². The van der Waals surface area contributed by atoms with Crippen molar-refractivity contribution >= 4 is 27.7 Å². The second-order valence-electron chi connectivity index (χ2n) is 15.3. The molecule has 58 heavy (non-hydrogen) atoms. The number of carbonyl (C=O) groups excluding carboxylic acids is 1. The Bertz CT molecular complexity index is 2140. The maximum atomic E-state index is 14.3. The second kappa shape index (κ2) is 18.4. The number of benzene rings is 4. The maximum absolute atomic E-state index is 14.3. The van der Waals surface area contributed by atoms with Gasteiger partial charge in [-0.25, -0.2) is 8.78 Å². The molecule has 4 atom stereocenters. The lowest BCUT2D eigenvalue weighted by Gasteiger charge is -2.40. The molecule has 3 heterocycles. The van der Waals surface area contributed by atoms with Crippen molar-refractivity contribution in [3.8, 4) is 11.5 Å². The molecule has 0 radical (unpaired) electrons. The Kier molecular flexibility index (Phi) is 12.9. The van der Waals surface area contributed by atoms with E-state index >= 15 is 0 Å². The minimum atomic E-state index is -0.921. The van der Waals surface area contributed by atoms with E-state index in [9.17, 15) is 23.8 Å². The number of halogens is 2. The van der Waals surface area contributed by atoms with E-state index in [2.05, 4.69) is 15.3 Å². The normalized spacial score (nSPS) is 17.7. The van der Waals surface area contributed by atoms with Crippen LogP contribution in [0, 0.1) is 17.0 Å². The fraction of sp³-hybridized carbons (Fsp3) is 0.326. The smallest absolute Gasteiger partial charge is 0.226 e. The predicted molar refractivity (Wildman–Crippen MR) is 219 cm³/mol. The third-order valence-electron chi connectivity index (χ3n) is 11.2. The summed E-state index contributed by atoms with van der Waals surface area (Å²) in [5, 5.41) is 27.4. The average Bonchev–Trinajstić information content (AvgIpc) is 3.59. The van der Waals surface area contributed by atoms with Crippen LogP contribution in [0.5, 0.6) is 11.5 Å². The molecule has 302 valence electrons. The van der Waals surface area contributed by atoms with Crippen molar-refractivity contribution in [1.29, 1.82) is 0 Å². The molecule has 0 bridgehead atoms. The number of rotatable bonds is 18. The molecule has 4 unspecified atom stereocenters. The first-order valence-electron chi connectivity index (χ1n) is 19.6. The Labute approximate surface area is 337 Å². The summed E-state index contributed by atoms with van der Waals surface area (Å²) in [4.78, 5) is 26.9. The van der Waals surface area contributed by atoms with Crippen LogP contribution in [0.1, 0.15) is 42.5 Å². The van der Waals surface area contributed by atoms with Crippen LogP contribution in [0.15, 0.2) is 122 Å². The summed E-state index contributed by atoms with van der Waals surface area (Å²) in [7, 11) is 3.76. The predicted octanol–water partition coefficient (Wildman–Crippen LogP) is 6.87. The minimum Gasteiger partial charge on any atom is -0.490 e. The first-order chi connectivity index (χ1) is 28.1. The molecular formula is C46H49F2N5O5. The van der Waals surface area contributed by atoms with Crippen molar-refractivity contribution in [2.45, 2.75) is 43.6 Å². The Hall–Kier alpha value is -5.53. The van der Waals surface area contributed by atoms with Crippen LogP contribution in [-0.2, 0) is 4.79 Å². The Morgan fingerprint density at radius 3 is 1.53 bits per heavy atom. The SMILES string of the molecule is CN(CC(O)COc1cccc2ncccc12)C(CC1(CC(c2ccc(F)cc2)N(C)CC(O)COc2cccc3ncccc23)CCNC1=O)c1ccc(F)cc1. The van der Waals surface area contributed by atoms with Gasteiger partial charge < -0.3 is 25.0 Å².